The van der Waals surface area contributed by atoms with Crippen LogP contribution in [-0.2, 0) is 0 Å². The summed E-state index contributed by atoms with van der Waals surface area (Å²) >= 11 is 1.39. The Bertz CT molecular complexity index is 573. The van der Waals surface area contributed by atoms with Crippen LogP contribution in [0, 0.1) is 6.92 Å². The molecule has 2 aromatic rings. The number of anilines is 1. The first-order valence-corrected chi connectivity index (χ1v) is 6.29. The number of aromatic carboxylic acids is 1. The molecule has 4 nitrogen and oxygen atoms in total. The lowest BCUT2D eigenvalue weighted by atomic mass is 10.1. The maximum absolute atomic E-state index is 11.2. The molecule has 0 aliphatic carbocycles. The number of aromatic nitrogens is 1. The summed E-state index contributed by atoms with van der Waals surface area (Å²) in [5.74, 6) is -0.991. The van der Waals surface area contributed by atoms with E-state index in [1.54, 1.807) is 0 Å². The van der Waals surface area contributed by atoms with Gasteiger partial charge in [0.2, 0.25) is 0 Å². The Balaban J connectivity index is 2.55. The first-order valence-electron chi connectivity index (χ1n) is 5.47. The number of carboxylic acid groups (broad SMARTS) is 1. The maximum Gasteiger partial charge on any atom is 0.356 e. The molecule has 2 rings (SSSR count). The highest BCUT2D eigenvalue weighted by Crippen LogP contribution is 2.34. The second-order valence-corrected chi connectivity index (χ2v) is 5.22. The van der Waals surface area contributed by atoms with E-state index in [0.29, 0.717) is 10.0 Å². The van der Waals surface area contributed by atoms with E-state index in [2.05, 4.69) is 4.98 Å². The van der Waals surface area contributed by atoms with Crippen LogP contribution in [0.1, 0.15) is 16.1 Å². The van der Waals surface area contributed by atoms with Gasteiger partial charge in [-0.1, -0.05) is 41.2 Å². The zero-order valence-electron chi connectivity index (χ0n) is 10.5. The van der Waals surface area contributed by atoms with Crippen molar-refractivity contribution in [3.05, 3.63) is 35.5 Å². The van der Waals surface area contributed by atoms with Crippen LogP contribution in [0.15, 0.2) is 24.3 Å². The quantitative estimate of drug-likeness (QED) is 0.924. The number of nitrogens with zero attached hydrogens (tertiary/aromatic N) is 2. The molecule has 1 aromatic carbocycles. The van der Waals surface area contributed by atoms with Crippen molar-refractivity contribution in [2.75, 3.05) is 19.0 Å². The largest absolute Gasteiger partial charge is 0.476 e. The average Bonchev–Trinajstić information content (AvgIpc) is 2.75. The van der Waals surface area contributed by atoms with Crippen LogP contribution in [0.5, 0.6) is 0 Å². The third-order valence-corrected chi connectivity index (χ3v) is 3.79. The summed E-state index contributed by atoms with van der Waals surface area (Å²) in [6, 6.07) is 7.79. The lowest BCUT2D eigenvalue weighted by Gasteiger charge is -2.05. The molecular formula is C13H14N2O2S. The van der Waals surface area contributed by atoms with Crippen molar-refractivity contribution >= 4 is 22.4 Å². The van der Waals surface area contributed by atoms with E-state index in [0.717, 1.165) is 11.1 Å². The summed E-state index contributed by atoms with van der Waals surface area (Å²) in [5.41, 5.74) is 2.16. The number of rotatable bonds is 3. The van der Waals surface area contributed by atoms with Gasteiger partial charge in [0, 0.05) is 14.1 Å². The fourth-order valence-corrected chi connectivity index (χ4v) is 2.53. The highest BCUT2D eigenvalue weighted by Gasteiger charge is 2.19. The van der Waals surface area contributed by atoms with Crippen molar-refractivity contribution in [3.63, 3.8) is 0 Å². The number of hydrogen-bond donors (Lipinski definition) is 1. The summed E-state index contributed by atoms with van der Waals surface area (Å²) in [6.45, 7) is 2.00. The van der Waals surface area contributed by atoms with E-state index in [1.807, 2.05) is 50.2 Å². The molecule has 0 spiro atoms. The van der Waals surface area contributed by atoms with Crippen molar-refractivity contribution < 1.29 is 9.90 Å². The lowest BCUT2D eigenvalue weighted by molar-refractivity contribution is 0.0692. The smallest absolute Gasteiger partial charge is 0.356 e. The molecule has 1 heterocycles. The van der Waals surface area contributed by atoms with Gasteiger partial charge in [-0.05, 0) is 12.5 Å². The van der Waals surface area contributed by atoms with Crippen LogP contribution < -0.4 is 4.90 Å². The van der Waals surface area contributed by atoms with E-state index in [9.17, 15) is 9.90 Å². The topological polar surface area (TPSA) is 53.4 Å². The minimum Gasteiger partial charge on any atom is -0.476 e. The normalized spacial score (nSPS) is 10.4. The van der Waals surface area contributed by atoms with Gasteiger partial charge in [0.1, 0.15) is 0 Å². The molecule has 18 heavy (non-hydrogen) atoms. The van der Waals surface area contributed by atoms with Gasteiger partial charge in [0.15, 0.2) is 10.8 Å². The minimum absolute atomic E-state index is 0.118. The molecule has 0 aliphatic rings. The summed E-state index contributed by atoms with van der Waals surface area (Å²) in [5, 5.41) is 9.90. The first-order chi connectivity index (χ1) is 8.49. The average molecular weight is 262 g/mol. The number of carboxylic acids is 1. The zero-order valence-corrected chi connectivity index (χ0v) is 11.3. The standard InChI is InChI=1S/C13H14N2O2S/c1-8-4-6-9(7-5-8)11-10(12(16)17)14-13(18-11)15(2)3/h4-7H,1-3H3,(H,16,17). The van der Waals surface area contributed by atoms with Gasteiger partial charge in [-0.15, -0.1) is 0 Å². The summed E-state index contributed by atoms with van der Waals surface area (Å²) in [4.78, 5) is 17.9. The van der Waals surface area contributed by atoms with Crippen LogP contribution in [0.25, 0.3) is 10.4 Å². The number of thiazole rings is 1. The minimum atomic E-state index is -0.991. The predicted octanol–water partition coefficient (Wildman–Crippen LogP) is 2.88. The lowest BCUT2D eigenvalue weighted by Crippen LogP contribution is -2.08. The first kappa shape index (κ1) is 12.6. The maximum atomic E-state index is 11.2. The van der Waals surface area contributed by atoms with Crippen LogP contribution in [0.2, 0.25) is 0 Å². The highest BCUT2D eigenvalue weighted by atomic mass is 32.1. The van der Waals surface area contributed by atoms with Crippen molar-refractivity contribution in [1.82, 2.24) is 4.98 Å². The monoisotopic (exact) mass is 262 g/mol. The Labute approximate surface area is 110 Å². The Morgan fingerprint density at radius 2 is 1.89 bits per heavy atom. The summed E-state index contributed by atoms with van der Waals surface area (Å²) < 4.78 is 0. The molecule has 0 bridgehead atoms. The van der Waals surface area contributed by atoms with Gasteiger partial charge in [0.25, 0.3) is 0 Å². The zero-order chi connectivity index (χ0) is 13.3. The molecule has 0 saturated carbocycles. The summed E-state index contributed by atoms with van der Waals surface area (Å²) in [7, 11) is 3.70. The highest BCUT2D eigenvalue weighted by molar-refractivity contribution is 7.19. The molecule has 1 aromatic heterocycles. The van der Waals surface area contributed by atoms with Crippen molar-refractivity contribution in [2.45, 2.75) is 6.92 Å². The van der Waals surface area contributed by atoms with E-state index < -0.39 is 5.97 Å². The molecule has 0 unspecified atom stereocenters. The Kier molecular flexibility index (Phi) is 3.34. The van der Waals surface area contributed by atoms with Crippen LogP contribution in [-0.4, -0.2) is 30.2 Å². The molecule has 0 radical (unpaired) electrons. The second kappa shape index (κ2) is 4.78. The van der Waals surface area contributed by atoms with Gasteiger partial charge in [0.05, 0.1) is 4.88 Å². The molecule has 0 amide bonds. The fourth-order valence-electron chi connectivity index (χ4n) is 1.55. The third-order valence-electron chi connectivity index (χ3n) is 2.51. The van der Waals surface area contributed by atoms with E-state index in [4.69, 9.17) is 0 Å². The Morgan fingerprint density at radius 3 is 2.39 bits per heavy atom. The molecule has 1 N–H and O–H groups in total. The summed E-state index contributed by atoms with van der Waals surface area (Å²) in [6.07, 6.45) is 0. The van der Waals surface area contributed by atoms with Gasteiger partial charge in [-0.2, -0.15) is 0 Å². The molecular weight excluding hydrogens is 248 g/mol. The van der Waals surface area contributed by atoms with Crippen molar-refractivity contribution in [1.29, 1.82) is 0 Å². The fraction of sp³-hybridized carbons (Fsp3) is 0.231. The van der Waals surface area contributed by atoms with Gasteiger partial charge in [-0.3, -0.25) is 0 Å². The number of aryl methyl sites for hydroxylation is 1. The van der Waals surface area contributed by atoms with E-state index in [1.165, 1.54) is 11.3 Å². The van der Waals surface area contributed by atoms with Gasteiger partial charge in [-0.25, -0.2) is 9.78 Å². The molecule has 0 fully saturated rings. The van der Waals surface area contributed by atoms with E-state index >= 15 is 0 Å². The SMILES string of the molecule is Cc1ccc(-c2sc(N(C)C)nc2C(=O)O)cc1. The molecule has 94 valence electrons. The Hall–Kier alpha value is -1.88. The van der Waals surface area contributed by atoms with Crippen LogP contribution >= 0.6 is 11.3 Å². The van der Waals surface area contributed by atoms with Crippen LogP contribution in [0.4, 0.5) is 5.13 Å². The number of benzene rings is 1. The molecule has 0 saturated heterocycles. The predicted molar refractivity (Wildman–Crippen MR) is 73.6 cm³/mol. The van der Waals surface area contributed by atoms with Gasteiger partial charge >= 0.3 is 5.97 Å². The van der Waals surface area contributed by atoms with Crippen molar-refractivity contribution in [2.24, 2.45) is 0 Å². The molecule has 0 aliphatic heterocycles. The van der Waals surface area contributed by atoms with Gasteiger partial charge < -0.3 is 10.0 Å². The second-order valence-electron chi connectivity index (χ2n) is 4.24. The number of hydrogen-bond acceptors (Lipinski definition) is 4. The van der Waals surface area contributed by atoms with E-state index in [-0.39, 0.29) is 5.69 Å². The van der Waals surface area contributed by atoms with Crippen LogP contribution in [0.3, 0.4) is 0 Å². The van der Waals surface area contributed by atoms with Crippen molar-refractivity contribution in [3.8, 4) is 10.4 Å². The third kappa shape index (κ3) is 2.36. The molecule has 5 heteroatoms. The number of carbonyl (C=O) groups is 1. The molecule has 0 atom stereocenters. The Morgan fingerprint density at radius 1 is 1.28 bits per heavy atom.